The Hall–Kier alpha value is -2.34. The fourth-order valence-electron chi connectivity index (χ4n) is 2.11. The van der Waals surface area contributed by atoms with Crippen molar-refractivity contribution in [2.45, 2.75) is 6.10 Å². The van der Waals surface area contributed by atoms with Gasteiger partial charge in [0.15, 0.2) is 18.2 Å². The molecule has 0 unspecified atom stereocenters. The highest BCUT2D eigenvalue weighted by Gasteiger charge is 2.32. The van der Waals surface area contributed by atoms with Gasteiger partial charge in [-0.3, -0.25) is 4.79 Å². The number of halogens is 2. The molecule has 0 atom stereocenters. The number of benzene rings is 1. The summed E-state index contributed by atoms with van der Waals surface area (Å²) in [5.74, 6) is -0.162. The second-order valence-electron chi connectivity index (χ2n) is 5.07. The van der Waals surface area contributed by atoms with E-state index >= 15 is 0 Å². The average molecular weight is 337 g/mol. The van der Waals surface area contributed by atoms with Crippen molar-refractivity contribution < 1.29 is 18.7 Å². The minimum absolute atomic E-state index is 0.0690. The van der Waals surface area contributed by atoms with Crippen LogP contribution >= 0.6 is 11.6 Å². The molecule has 5 nitrogen and oxygen atoms in total. The molecule has 120 valence electrons. The predicted molar refractivity (Wildman–Crippen MR) is 82.1 cm³/mol. The monoisotopic (exact) mass is 336 g/mol. The van der Waals surface area contributed by atoms with Gasteiger partial charge < -0.3 is 14.4 Å². The van der Waals surface area contributed by atoms with Gasteiger partial charge in [0, 0.05) is 12.3 Å². The summed E-state index contributed by atoms with van der Waals surface area (Å²) in [4.78, 5) is 17.6. The zero-order valence-corrected chi connectivity index (χ0v) is 12.9. The fourth-order valence-corrected chi connectivity index (χ4v) is 2.22. The van der Waals surface area contributed by atoms with Gasteiger partial charge in [-0.1, -0.05) is 23.7 Å². The molecule has 1 amide bonds. The molecule has 1 aromatic heterocycles. The van der Waals surface area contributed by atoms with Crippen molar-refractivity contribution >= 4 is 17.5 Å². The van der Waals surface area contributed by atoms with E-state index in [-0.39, 0.29) is 24.4 Å². The van der Waals surface area contributed by atoms with Gasteiger partial charge in [-0.05, 0) is 18.2 Å². The molecule has 0 bridgehead atoms. The molecule has 0 saturated carbocycles. The number of rotatable bonds is 5. The van der Waals surface area contributed by atoms with E-state index in [0.29, 0.717) is 24.0 Å². The summed E-state index contributed by atoms with van der Waals surface area (Å²) in [5.41, 5.74) is 0. The molecule has 1 fully saturated rings. The van der Waals surface area contributed by atoms with Crippen molar-refractivity contribution in [3.05, 3.63) is 53.4 Å². The second-order valence-corrected chi connectivity index (χ2v) is 5.51. The summed E-state index contributed by atoms with van der Waals surface area (Å²) in [5, 5.41) is 0.535. The zero-order chi connectivity index (χ0) is 16.2. The Labute approximate surface area is 137 Å². The van der Waals surface area contributed by atoms with Crippen LogP contribution in [0.25, 0.3) is 0 Å². The molecule has 2 heterocycles. The number of ether oxygens (including phenoxy) is 2. The second kappa shape index (κ2) is 6.83. The molecule has 2 aromatic rings. The zero-order valence-electron chi connectivity index (χ0n) is 12.1. The van der Waals surface area contributed by atoms with Crippen molar-refractivity contribution in [1.82, 2.24) is 9.88 Å². The lowest BCUT2D eigenvalue weighted by Crippen LogP contribution is -2.57. The maximum absolute atomic E-state index is 13.4. The van der Waals surface area contributed by atoms with Gasteiger partial charge in [-0.15, -0.1) is 0 Å². The average Bonchev–Trinajstić information content (AvgIpc) is 2.51. The summed E-state index contributed by atoms with van der Waals surface area (Å²) in [6.07, 6.45) is 1.39. The van der Waals surface area contributed by atoms with E-state index in [2.05, 4.69) is 4.98 Å². The van der Waals surface area contributed by atoms with Crippen LogP contribution < -0.4 is 9.47 Å². The Balaban J connectivity index is 1.43. The van der Waals surface area contributed by atoms with Crippen LogP contribution in [0.15, 0.2) is 42.6 Å². The summed E-state index contributed by atoms with van der Waals surface area (Å²) in [6.45, 7) is 0.695. The van der Waals surface area contributed by atoms with E-state index in [1.54, 1.807) is 29.2 Å². The lowest BCUT2D eigenvalue weighted by Gasteiger charge is -2.38. The van der Waals surface area contributed by atoms with Crippen LogP contribution in [0.3, 0.4) is 0 Å². The number of nitrogens with zero attached hydrogens (tertiary/aromatic N) is 2. The molecule has 1 aliphatic heterocycles. The van der Waals surface area contributed by atoms with E-state index in [9.17, 15) is 9.18 Å². The van der Waals surface area contributed by atoms with Crippen molar-refractivity contribution in [3.63, 3.8) is 0 Å². The van der Waals surface area contributed by atoms with E-state index in [1.807, 2.05) is 0 Å². The van der Waals surface area contributed by atoms with Gasteiger partial charge in [0.05, 0.1) is 18.1 Å². The first kappa shape index (κ1) is 15.6. The highest BCUT2D eigenvalue weighted by atomic mass is 35.5. The third kappa shape index (κ3) is 3.90. The van der Waals surface area contributed by atoms with Gasteiger partial charge in [-0.25, -0.2) is 9.37 Å². The quantitative estimate of drug-likeness (QED) is 0.842. The Morgan fingerprint density at radius 2 is 2.09 bits per heavy atom. The van der Waals surface area contributed by atoms with Crippen molar-refractivity contribution in [2.24, 2.45) is 0 Å². The third-order valence-corrected chi connectivity index (χ3v) is 3.60. The SMILES string of the molecule is O=C(COc1ccccc1F)N1CC(Oc2ccc(Cl)cn2)C1. The van der Waals surface area contributed by atoms with E-state index in [0.717, 1.165) is 0 Å². The van der Waals surface area contributed by atoms with Gasteiger partial charge in [-0.2, -0.15) is 0 Å². The normalized spacial score (nSPS) is 14.3. The number of aromatic nitrogens is 1. The Morgan fingerprint density at radius 3 is 2.78 bits per heavy atom. The first-order chi connectivity index (χ1) is 11.1. The van der Waals surface area contributed by atoms with Crippen LogP contribution in [-0.4, -0.2) is 41.6 Å². The molecule has 7 heteroatoms. The highest BCUT2D eigenvalue weighted by Crippen LogP contribution is 2.19. The summed E-state index contributed by atoms with van der Waals surface area (Å²) < 4.78 is 24.2. The lowest BCUT2D eigenvalue weighted by atomic mass is 10.1. The van der Waals surface area contributed by atoms with Gasteiger partial charge >= 0.3 is 0 Å². The molecule has 0 N–H and O–H groups in total. The predicted octanol–water partition coefficient (Wildman–Crippen LogP) is 2.54. The number of amides is 1. The molecular formula is C16H14ClFN2O3. The van der Waals surface area contributed by atoms with E-state index in [4.69, 9.17) is 21.1 Å². The van der Waals surface area contributed by atoms with Crippen LogP contribution in [0.2, 0.25) is 5.02 Å². The van der Waals surface area contributed by atoms with Crippen molar-refractivity contribution in [3.8, 4) is 11.6 Å². The smallest absolute Gasteiger partial charge is 0.260 e. The first-order valence-electron chi connectivity index (χ1n) is 7.05. The molecule has 0 radical (unpaired) electrons. The number of likely N-dealkylation sites (tertiary alicyclic amines) is 1. The van der Waals surface area contributed by atoms with Crippen molar-refractivity contribution in [1.29, 1.82) is 0 Å². The molecule has 1 aromatic carbocycles. The Bertz CT molecular complexity index is 690. The number of carbonyl (C=O) groups excluding carboxylic acids is 1. The van der Waals surface area contributed by atoms with E-state index in [1.165, 1.54) is 18.3 Å². The summed E-state index contributed by atoms with van der Waals surface area (Å²) >= 11 is 5.75. The molecule has 3 rings (SSSR count). The molecular weight excluding hydrogens is 323 g/mol. The topological polar surface area (TPSA) is 51.7 Å². The lowest BCUT2D eigenvalue weighted by molar-refractivity contribution is -0.142. The third-order valence-electron chi connectivity index (χ3n) is 3.38. The maximum atomic E-state index is 13.4. The van der Waals surface area contributed by atoms with Crippen molar-refractivity contribution in [2.75, 3.05) is 19.7 Å². The molecule has 23 heavy (non-hydrogen) atoms. The summed E-state index contributed by atoms with van der Waals surface area (Å²) in [6, 6.07) is 9.34. The first-order valence-corrected chi connectivity index (χ1v) is 7.43. The summed E-state index contributed by atoms with van der Waals surface area (Å²) in [7, 11) is 0. The maximum Gasteiger partial charge on any atom is 0.260 e. The fraction of sp³-hybridized carbons (Fsp3) is 0.250. The van der Waals surface area contributed by atoms with E-state index < -0.39 is 5.82 Å². The van der Waals surface area contributed by atoms with Gasteiger partial charge in [0.1, 0.15) is 6.10 Å². The Kier molecular flexibility index (Phi) is 4.62. The minimum atomic E-state index is -0.487. The number of pyridine rings is 1. The number of hydrogen-bond donors (Lipinski definition) is 0. The highest BCUT2D eigenvalue weighted by molar-refractivity contribution is 6.30. The van der Waals surface area contributed by atoms with Crippen LogP contribution in [-0.2, 0) is 4.79 Å². The standard InChI is InChI=1S/C16H14ClFN2O3/c17-11-5-6-15(19-7-11)23-12-8-20(9-12)16(21)10-22-14-4-2-1-3-13(14)18/h1-7,12H,8-10H2. The molecule has 1 aliphatic rings. The van der Waals surface area contributed by atoms with Crippen LogP contribution in [0.4, 0.5) is 4.39 Å². The van der Waals surface area contributed by atoms with Crippen LogP contribution in [0.1, 0.15) is 0 Å². The van der Waals surface area contributed by atoms with Gasteiger partial charge in [0.25, 0.3) is 5.91 Å². The van der Waals surface area contributed by atoms with Crippen LogP contribution in [0, 0.1) is 5.82 Å². The minimum Gasteiger partial charge on any atom is -0.481 e. The molecule has 0 spiro atoms. The Morgan fingerprint density at radius 1 is 1.30 bits per heavy atom. The number of carbonyl (C=O) groups is 1. The number of hydrogen-bond acceptors (Lipinski definition) is 4. The largest absolute Gasteiger partial charge is 0.481 e. The van der Waals surface area contributed by atoms with Gasteiger partial charge in [0.2, 0.25) is 5.88 Å². The molecule has 0 aliphatic carbocycles. The number of para-hydroxylation sites is 1. The van der Waals surface area contributed by atoms with Crippen LogP contribution in [0.5, 0.6) is 11.6 Å². The molecule has 1 saturated heterocycles.